The van der Waals surface area contributed by atoms with Gasteiger partial charge in [0.1, 0.15) is 11.6 Å². The van der Waals surface area contributed by atoms with Gasteiger partial charge in [-0.2, -0.15) is 0 Å². The molecule has 4 rings (SSSR count). The summed E-state index contributed by atoms with van der Waals surface area (Å²) in [5.74, 6) is -0.845. The highest BCUT2D eigenvalue weighted by atomic mass is 19.1. The Morgan fingerprint density at radius 1 is 0.931 bits per heavy atom. The molecule has 0 saturated carbocycles. The summed E-state index contributed by atoms with van der Waals surface area (Å²) in [4.78, 5) is 28.0. The fourth-order valence-corrected chi connectivity index (χ4v) is 4.61. The Morgan fingerprint density at radius 2 is 1.48 bits per heavy atom. The molecule has 0 bridgehead atoms. The number of benzene rings is 2. The van der Waals surface area contributed by atoms with Gasteiger partial charge in [0, 0.05) is 19.6 Å². The van der Waals surface area contributed by atoms with Gasteiger partial charge >= 0.3 is 6.09 Å². The Kier molecular flexibility index (Phi) is 4.98. The van der Waals surface area contributed by atoms with E-state index in [1.165, 1.54) is 29.2 Å². The zero-order valence-electron chi connectivity index (χ0n) is 15.9. The van der Waals surface area contributed by atoms with Crippen molar-refractivity contribution in [3.05, 3.63) is 71.3 Å². The number of nitrogens with zero attached hydrogens (tertiary/aromatic N) is 2. The summed E-state index contributed by atoms with van der Waals surface area (Å²) in [5, 5.41) is 9.38. The fraction of sp³-hybridized carbons (Fsp3) is 0.364. The molecule has 1 unspecified atom stereocenters. The van der Waals surface area contributed by atoms with Gasteiger partial charge in [0.25, 0.3) is 0 Å². The summed E-state index contributed by atoms with van der Waals surface area (Å²) in [7, 11) is 0. The quantitative estimate of drug-likeness (QED) is 0.846. The van der Waals surface area contributed by atoms with Crippen LogP contribution in [0.25, 0.3) is 0 Å². The van der Waals surface area contributed by atoms with Crippen molar-refractivity contribution in [3.8, 4) is 0 Å². The molecule has 2 saturated heterocycles. The third kappa shape index (κ3) is 3.57. The van der Waals surface area contributed by atoms with Crippen molar-refractivity contribution in [3.63, 3.8) is 0 Å². The summed E-state index contributed by atoms with van der Waals surface area (Å²) in [6, 6.07) is 11.4. The molecule has 0 radical (unpaired) electrons. The van der Waals surface area contributed by atoms with Gasteiger partial charge in [-0.1, -0.05) is 24.3 Å². The van der Waals surface area contributed by atoms with E-state index in [2.05, 4.69) is 0 Å². The van der Waals surface area contributed by atoms with E-state index in [0.29, 0.717) is 32.4 Å². The van der Waals surface area contributed by atoms with Crippen LogP contribution in [0.4, 0.5) is 13.6 Å². The Labute approximate surface area is 167 Å². The number of rotatable bonds is 3. The molecule has 152 valence electrons. The first-order chi connectivity index (χ1) is 13.9. The first-order valence-electron chi connectivity index (χ1n) is 9.69. The minimum atomic E-state index is -1.01. The molecular weight excluding hydrogens is 378 g/mol. The van der Waals surface area contributed by atoms with Crippen molar-refractivity contribution in [1.82, 2.24) is 9.80 Å². The van der Waals surface area contributed by atoms with Crippen molar-refractivity contribution in [2.24, 2.45) is 5.41 Å². The molecule has 0 aromatic heterocycles. The molecule has 2 heterocycles. The highest BCUT2D eigenvalue weighted by molar-refractivity contribution is 5.86. The van der Waals surface area contributed by atoms with Crippen LogP contribution in [0.1, 0.15) is 36.4 Å². The van der Waals surface area contributed by atoms with Gasteiger partial charge < -0.3 is 14.9 Å². The lowest BCUT2D eigenvalue weighted by atomic mass is 9.78. The van der Waals surface area contributed by atoms with E-state index in [1.807, 2.05) is 0 Å². The van der Waals surface area contributed by atoms with Gasteiger partial charge in [-0.15, -0.1) is 0 Å². The molecule has 2 aromatic rings. The monoisotopic (exact) mass is 400 g/mol. The highest BCUT2D eigenvalue weighted by Crippen LogP contribution is 2.44. The predicted molar refractivity (Wildman–Crippen MR) is 102 cm³/mol. The number of piperidine rings is 1. The van der Waals surface area contributed by atoms with Gasteiger partial charge in [0.2, 0.25) is 5.91 Å². The van der Waals surface area contributed by atoms with Crippen LogP contribution in [0.5, 0.6) is 0 Å². The maximum absolute atomic E-state index is 13.5. The molecule has 7 heteroatoms. The molecule has 1 N–H and O–H groups in total. The minimum Gasteiger partial charge on any atom is -0.465 e. The van der Waals surface area contributed by atoms with Crippen molar-refractivity contribution < 1.29 is 23.5 Å². The molecule has 29 heavy (non-hydrogen) atoms. The molecular formula is C22H22F2N2O3. The second-order valence-corrected chi connectivity index (χ2v) is 7.84. The fourth-order valence-electron chi connectivity index (χ4n) is 4.61. The second-order valence-electron chi connectivity index (χ2n) is 7.84. The van der Waals surface area contributed by atoms with Crippen LogP contribution in [0, 0.1) is 17.0 Å². The standard InChI is InChI=1S/C22H22F2N2O3/c23-17-6-2-15(3-7-17)19(16-4-8-18(24)9-5-16)26-13-11-22(20(26)27)10-1-12-25(14-22)21(28)29/h2-9,19H,1,10-14H2,(H,28,29). The van der Waals surface area contributed by atoms with Crippen LogP contribution in [-0.4, -0.2) is 46.5 Å². The lowest BCUT2D eigenvalue weighted by molar-refractivity contribution is -0.139. The van der Waals surface area contributed by atoms with E-state index >= 15 is 0 Å². The van der Waals surface area contributed by atoms with Gasteiger partial charge in [-0.3, -0.25) is 4.79 Å². The Hall–Kier alpha value is -2.96. The smallest absolute Gasteiger partial charge is 0.407 e. The van der Waals surface area contributed by atoms with E-state index in [-0.39, 0.29) is 24.1 Å². The first kappa shape index (κ1) is 19.4. The highest BCUT2D eigenvalue weighted by Gasteiger charge is 2.51. The SMILES string of the molecule is O=C(O)N1CCCC2(CCN(C(c3ccc(F)cc3)c3ccc(F)cc3)C2=O)C1. The summed E-state index contributed by atoms with van der Waals surface area (Å²) in [6.07, 6.45) is 0.841. The van der Waals surface area contributed by atoms with Crippen LogP contribution in [0.3, 0.4) is 0 Å². The maximum Gasteiger partial charge on any atom is 0.407 e. The van der Waals surface area contributed by atoms with E-state index in [9.17, 15) is 23.5 Å². The summed E-state index contributed by atoms with van der Waals surface area (Å²) < 4.78 is 26.9. The minimum absolute atomic E-state index is 0.0953. The van der Waals surface area contributed by atoms with Gasteiger partial charge in [0.05, 0.1) is 11.5 Å². The molecule has 2 fully saturated rings. The number of likely N-dealkylation sites (tertiary alicyclic amines) is 2. The Bertz CT molecular complexity index is 871. The average molecular weight is 400 g/mol. The number of hydrogen-bond acceptors (Lipinski definition) is 2. The van der Waals surface area contributed by atoms with Crippen LogP contribution >= 0.6 is 0 Å². The number of amides is 2. The summed E-state index contributed by atoms with van der Waals surface area (Å²) >= 11 is 0. The van der Waals surface area contributed by atoms with Crippen molar-refractivity contribution >= 4 is 12.0 Å². The predicted octanol–water partition coefficient (Wildman–Crippen LogP) is 4.05. The van der Waals surface area contributed by atoms with E-state index in [0.717, 1.165) is 11.1 Å². The summed E-state index contributed by atoms with van der Waals surface area (Å²) in [5.41, 5.74) is 0.734. The second kappa shape index (κ2) is 7.46. The Morgan fingerprint density at radius 3 is 2.00 bits per heavy atom. The maximum atomic E-state index is 13.5. The Balaban J connectivity index is 1.70. The zero-order chi connectivity index (χ0) is 20.6. The topological polar surface area (TPSA) is 60.9 Å². The van der Waals surface area contributed by atoms with E-state index in [1.54, 1.807) is 29.2 Å². The molecule has 2 aliphatic rings. The van der Waals surface area contributed by atoms with Crippen molar-refractivity contribution in [2.75, 3.05) is 19.6 Å². The average Bonchev–Trinajstić information content (AvgIpc) is 3.01. The van der Waals surface area contributed by atoms with Crippen molar-refractivity contribution in [1.29, 1.82) is 0 Å². The van der Waals surface area contributed by atoms with Crippen LogP contribution in [0.2, 0.25) is 0 Å². The lowest BCUT2D eigenvalue weighted by Gasteiger charge is -2.38. The molecule has 0 aliphatic carbocycles. The van der Waals surface area contributed by atoms with Crippen LogP contribution < -0.4 is 0 Å². The van der Waals surface area contributed by atoms with Gasteiger partial charge in [0.15, 0.2) is 0 Å². The molecule has 5 nitrogen and oxygen atoms in total. The van der Waals surface area contributed by atoms with Crippen LogP contribution in [0.15, 0.2) is 48.5 Å². The van der Waals surface area contributed by atoms with Crippen LogP contribution in [-0.2, 0) is 4.79 Å². The normalized spacial score (nSPS) is 22.0. The molecule has 2 aliphatic heterocycles. The lowest BCUT2D eigenvalue weighted by Crippen LogP contribution is -2.49. The van der Waals surface area contributed by atoms with Gasteiger partial charge in [-0.25, -0.2) is 13.6 Å². The third-order valence-corrected chi connectivity index (χ3v) is 6.08. The van der Waals surface area contributed by atoms with E-state index < -0.39 is 17.6 Å². The number of hydrogen-bond donors (Lipinski definition) is 1. The zero-order valence-corrected chi connectivity index (χ0v) is 15.9. The number of carbonyl (C=O) groups excluding carboxylic acids is 1. The molecule has 1 atom stereocenters. The molecule has 2 aromatic carbocycles. The molecule has 1 spiro atoms. The largest absolute Gasteiger partial charge is 0.465 e. The first-order valence-corrected chi connectivity index (χ1v) is 9.69. The summed E-state index contributed by atoms with van der Waals surface area (Å²) in [6.45, 7) is 1.09. The number of halogens is 2. The van der Waals surface area contributed by atoms with Crippen molar-refractivity contribution in [2.45, 2.75) is 25.3 Å². The number of carboxylic acid groups (broad SMARTS) is 1. The van der Waals surface area contributed by atoms with Gasteiger partial charge in [-0.05, 0) is 54.7 Å². The van der Waals surface area contributed by atoms with E-state index in [4.69, 9.17) is 0 Å². The molecule has 2 amide bonds. The number of carbonyl (C=O) groups is 2. The third-order valence-electron chi connectivity index (χ3n) is 6.08.